The smallest absolute Gasteiger partial charge is 0.401 e. The molecule has 3 atom stereocenters. The first-order valence-corrected chi connectivity index (χ1v) is 7.96. The molecule has 5 nitrogen and oxygen atoms in total. The van der Waals surface area contributed by atoms with Gasteiger partial charge in [0, 0.05) is 12.2 Å². The Morgan fingerprint density at radius 1 is 1.30 bits per heavy atom. The van der Waals surface area contributed by atoms with Gasteiger partial charge in [0.15, 0.2) is 5.12 Å². The summed E-state index contributed by atoms with van der Waals surface area (Å²) in [4.78, 5) is 34.9. The van der Waals surface area contributed by atoms with E-state index < -0.39 is 53.6 Å². The SMILES string of the molecule is CCC(=O)SCC(C(=O)N1CC(F)CCC1C(=O)O)C(F)(F)F. The van der Waals surface area contributed by atoms with Crippen molar-refractivity contribution in [3.63, 3.8) is 0 Å². The van der Waals surface area contributed by atoms with Gasteiger partial charge in [-0.1, -0.05) is 18.7 Å². The molecular formula is C13H17F4NO4S. The minimum absolute atomic E-state index is 0.0114. The van der Waals surface area contributed by atoms with Crippen molar-refractivity contribution in [3.05, 3.63) is 0 Å². The summed E-state index contributed by atoms with van der Waals surface area (Å²) in [6, 6.07) is -1.48. The van der Waals surface area contributed by atoms with Gasteiger partial charge in [0.1, 0.15) is 18.1 Å². The molecule has 0 aliphatic carbocycles. The maximum atomic E-state index is 13.4. The van der Waals surface area contributed by atoms with Gasteiger partial charge in [0.05, 0.1) is 6.54 Å². The van der Waals surface area contributed by atoms with E-state index in [0.717, 1.165) is 0 Å². The number of amides is 1. The Bertz CT molecular complexity index is 471. The van der Waals surface area contributed by atoms with E-state index in [2.05, 4.69) is 0 Å². The van der Waals surface area contributed by atoms with Crippen LogP contribution in [0.5, 0.6) is 0 Å². The highest BCUT2D eigenvalue weighted by Gasteiger charge is 2.49. The predicted molar refractivity (Wildman–Crippen MR) is 74.6 cm³/mol. The van der Waals surface area contributed by atoms with E-state index in [1.54, 1.807) is 0 Å². The topological polar surface area (TPSA) is 74.7 Å². The first-order valence-electron chi connectivity index (χ1n) is 6.97. The number of piperidine rings is 1. The molecule has 0 radical (unpaired) electrons. The Morgan fingerprint density at radius 2 is 1.91 bits per heavy atom. The van der Waals surface area contributed by atoms with Crippen LogP contribution in [0.1, 0.15) is 26.2 Å². The first kappa shape index (κ1) is 19.7. The monoisotopic (exact) mass is 359 g/mol. The molecule has 0 aromatic heterocycles. The molecule has 0 spiro atoms. The number of hydrogen-bond acceptors (Lipinski definition) is 4. The van der Waals surface area contributed by atoms with Gasteiger partial charge in [-0.15, -0.1) is 0 Å². The molecular weight excluding hydrogens is 342 g/mol. The lowest BCUT2D eigenvalue weighted by Crippen LogP contribution is -2.55. The number of halogens is 4. The Hall–Kier alpha value is -1.32. The van der Waals surface area contributed by atoms with Crippen molar-refractivity contribution in [2.24, 2.45) is 5.92 Å². The maximum Gasteiger partial charge on any atom is 0.401 e. The van der Waals surface area contributed by atoms with Gasteiger partial charge in [0.25, 0.3) is 0 Å². The van der Waals surface area contributed by atoms with Crippen molar-refractivity contribution in [1.82, 2.24) is 4.90 Å². The van der Waals surface area contributed by atoms with Crippen molar-refractivity contribution < 1.29 is 37.1 Å². The zero-order valence-corrected chi connectivity index (χ0v) is 13.1. The third-order valence-corrected chi connectivity index (χ3v) is 4.60. The lowest BCUT2D eigenvalue weighted by atomic mass is 9.98. The molecule has 23 heavy (non-hydrogen) atoms. The van der Waals surface area contributed by atoms with Crippen LogP contribution in [0.25, 0.3) is 0 Å². The minimum Gasteiger partial charge on any atom is -0.480 e. The Balaban J connectivity index is 2.96. The zero-order valence-electron chi connectivity index (χ0n) is 12.3. The molecule has 1 N–H and O–H groups in total. The zero-order chi connectivity index (χ0) is 17.8. The van der Waals surface area contributed by atoms with Crippen molar-refractivity contribution >= 4 is 28.8 Å². The molecule has 0 bridgehead atoms. The van der Waals surface area contributed by atoms with Gasteiger partial charge in [0.2, 0.25) is 5.91 Å². The molecule has 1 aliphatic heterocycles. The lowest BCUT2D eigenvalue weighted by molar-refractivity contribution is -0.189. The van der Waals surface area contributed by atoms with E-state index in [0.29, 0.717) is 16.7 Å². The Morgan fingerprint density at radius 3 is 2.39 bits per heavy atom. The molecule has 0 aromatic rings. The molecule has 0 saturated carbocycles. The summed E-state index contributed by atoms with van der Waals surface area (Å²) >= 11 is 0.367. The highest BCUT2D eigenvalue weighted by molar-refractivity contribution is 8.13. The largest absolute Gasteiger partial charge is 0.480 e. The number of carboxylic acids is 1. The summed E-state index contributed by atoms with van der Waals surface area (Å²) in [6.45, 7) is 0.785. The third-order valence-electron chi connectivity index (χ3n) is 3.49. The van der Waals surface area contributed by atoms with Crippen LogP contribution in [0, 0.1) is 5.92 Å². The number of thioether (sulfide) groups is 1. The molecule has 132 valence electrons. The van der Waals surface area contributed by atoms with E-state index in [4.69, 9.17) is 5.11 Å². The summed E-state index contributed by atoms with van der Waals surface area (Å²) in [5, 5.41) is 8.52. The van der Waals surface area contributed by atoms with Crippen molar-refractivity contribution in [3.8, 4) is 0 Å². The lowest BCUT2D eigenvalue weighted by Gasteiger charge is -2.37. The van der Waals surface area contributed by atoms with Crippen molar-refractivity contribution in [2.45, 2.75) is 44.6 Å². The van der Waals surface area contributed by atoms with Crippen LogP contribution < -0.4 is 0 Å². The van der Waals surface area contributed by atoms with Crippen LogP contribution in [0.15, 0.2) is 0 Å². The molecule has 1 saturated heterocycles. The normalized spacial score (nSPS) is 23.4. The quantitative estimate of drug-likeness (QED) is 0.762. The van der Waals surface area contributed by atoms with Crippen LogP contribution in [0.3, 0.4) is 0 Å². The second-order valence-corrected chi connectivity index (χ2v) is 6.23. The summed E-state index contributed by atoms with van der Waals surface area (Å²) < 4.78 is 52.7. The van der Waals surface area contributed by atoms with E-state index >= 15 is 0 Å². The summed E-state index contributed by atoms with van der Waals surface area (Å²) in [5.41, 5.74) is 0. The first-order chi connectivity index (χ1) is 10.6. The van der Waals surface area contributed by atoms with Gasteiger partial charge in [-0.2, -0.15) is 13.2 Å². The van der Waals surface area contributed by atoms with E-state index in [-0.39, 0.29) is 19.3 Å². The van der Waals surface area contributed by atoms with Gasteiger partial charge in [-0.05, 0) is 12.8 Å². The number of hydrogen-bond donors (Lipinski definition) is 1. The van der Waals surface area contributed by atoms with E-state index in [9.17, 15) is 31.9 Å². The second-order valence-electron chi connectivity index (χ2n) is 5.15. The Labute approximate surface area is 134 Å². The fourth-order valence-corrected chi connectivity index (χ4v) is 3.10. The minimum atomic E-state index is -4.94. The molecule has 10 heteroatoms. The van der Waals surface area contributed by atoms with Gasteiger partial charge < -0.3 is 10.0 Å². The van der Waals surface area contributed by atoms with E-state index in [1.165, 1.54) is 6.92 Å². The summed E-state index contributed by atoms with van der Waals surface area (Å²) in [7, 11) is 0. The van der Waals surface area contributed by atoms with Crippen LogP contribution >= 0.6 is 11.8 Å². The number of carbonyl (C=O) groups is 3. The van der Waals surface area contributed by atoms with Crippen LogP contribution in [0.2, 0.25) is 0 Å². The summed E-state index contributed by atoms with van der Waals surface area (Å²) in [5.74, 6) is -6.34. The average Bonchev–Trinajstić information content (AvgIpc) is 2.44. The molecule has 1 aliphatic rings. The molecule has 3 unspecified atom stereocenters. The van der Waals surface area contributed by atoms with Crippen molar-refractivity contribution in [1.29, 1.82) is 0 Å². The fourth-order valence-electron chi connectivity index (χ4n) is 2.21. The van der Waals surface area contributed by atoms with Gasteiger partial charge in [-0.25, -0.2) is 9.18 Å². The number of carbonyl (C=O) groups excluding carboxylic acids is 2. The number of carboxylic acid groups (broad SMARTS) is 1. The van der Waals surface area contributed by atoms with Crippen LogP contribution in [-0.2, 0) is 14.4 Å². The second kappa shape index (κ2) is 7.98. The standard InChI is InChI=1S/C13H17F4NO4S/c1-2-10(19)23-6-8(13(15,16)17)11(20)18-5-7(14)3-4-9(18)12(21)22/h7-9H,2-6H2,1H3,(H,21,22). The number of aliphatic carboxylic acids is 1. The molecule has 0 aromatic carbocycles. The van der Waals surface area contributed by atoms with Crippen LogP contribution in [0.4, 0.5) is 17.6 Å². The predicted octanol–water partition coefficient (Wildman–Crippen LogP) is 2.25. The van der Waals surface area contributed by atoms with E-state index in [1.807, 2.05) is 0 Å². The Kier molecular flexibility index (Phi) is 6.84. The van der Waals surface area contributed by atoms with Gasteiger partial charge in [-0.3, -0.25) is 9.59 Å². The fraction of sp³-hybridized carbons (Fsp3) is 0.769. The maximum absolute atomic E-state index is 13.4. The third kappa shape index (κ3) is 5.36. The highest BCUT2D eigenvalue weighted by atomic mass is 32.2. The highest BCUT2D eigenvalue weighted by Crippen LogP contribution is 2.33. The number of alkyl halides is 4. The number of likely N-dealkylation sites (tertiary alicyclic amines) is 1. The molecule has 1 rings (SSSR count). The molecule has 1 heterocycles. The molecule has 1 fully saturated rings. The average molecular weight is 359 g/mol. The summed E-state index contributed by atoms with van der Waals surface area (Å²) in [6.07, 6.45) is -6.86. The van der Waals surface area contributed by atoms with Gasteiger partial charge >= 0.3 is 12.1 Å². The number of rotatable bonds is 5. The molecule has 1 amide bonds. The van der Waals surface area contributed by atoms with Crippen molar-refractivity contribution in [2.75, 3.05) is 12.3 Å². The number of nitrogens with zero attached hydrogens (tertiary/aromatic N) is 1. The van der Waals surface area contributed by atoms with Crippen LogP contribution in [-0.4, -0.2) is 57.7 Å².